The summed E-state index contributed by atoms with van der Waals surface area (Å²) in [4.78, 5) is 0. The van der Waals surface area contributed by atoms with Gasteiger partial charge in [-0.3, -0.25) is 0 Å². The molecular weight excluding hydrogens is 353 g/mol. The molecule has 0 N–H and O–H groups in total. The van der Waals surface area contributed by atoms with Gasteiger partial charge in [0, 0.05) is 6.08 Å². The van der Waals surface area contributed by atoms with E-state index in [1.807, 2.05) is 36.4 Å². The van der Waals surface area contributed by atoms with Crippen LogP contribution in [0.3, 0.4) is 0 Å². The van der Waals surface area contributed by atoms with Gasteiger partial charge in [-0.15, -0.1) is 0 Å². The van der Waals surface area contributed by atoms with Gasteiger partial charge in [-0.1, -0.05) is 49.6 Å². The standard InChI is InChI=1S/C8H8.C3H3N.Pb.2H/c1-2-8-6-4-3-5-7-8;1-2-3-4;;;/h2-7H,1H2;2H,1H2;;;. The molecule has 0 aliphatic heterocycles. The molecule has 2 heteroatoms. The summed E-state index contributed by atoms with van der Waals surface area (Å²) < 4.78 is 0. The first-order valence-corrected chi connectivity index (χ1v) is 3.53. The van der Waals surface area contributed by atoms with Crippen LogP contribution in [0.1, 0.15) is 5.56 Å². The quantitative estimate of drug-likeness (QED) is 0.552. The van der Waals surface area contributed by atoms with Crippen molar-refractivity contribution in [2.24, 2.45) is 0 Å². The monoisotopic (exact) mass is 367 g/mol. The number of benzene rings is 1. The van der Waals surface area contributed by atoms with E-state index in [4.69, 9.17) is 5.26 Å². The molecule has 0 atom stereocenters. The Bertz CT molecular complexity index is 272. The summed E-state index contributed by atoms with van der Waals surface area (Å²) in [6, 6.07) is 11.7. The first-order valence-electron chi connectivity index (χ1n) is 3.53. The normalized spacial score (nSPS) is 6.38. The third kappa shape index (κ3) is 9.02. The molecule has 0 spiro atoms. The summed E-state index contributed by atoms with van der Waals surface area (Å²) in [5, 5.41) is 7.51. The first-order chi connectivity index (χ1) is 5.85. The fourth-order valence-corrected chi connectivity index (χ4v) is 0.589. The minimum atomic E-state index is 0. The topological polar surface area (TPSA) is 23.8 Å². The van der Waals surface area contributed by atoms with E-state index >= 15 is 0 Å². The van der Waals surface area contributed by atoms with Gasteiger partial charge in [0.05, 0.1) is 6.07 Å². The maximum absolute atomic E-state index is 7.51. The van der Waals surface area contributed by atoms with Gasteiger partial charge in [0.15, 0.2) is 0 Å². The number of nitriles is 1. The van der Waals surface area contributed by atoms with Crippen LogP contribution in [0.2, 0.25) is 0 Å². The van der Waals surface area contributed by atoms with E-state index in [1.54, 1.807) is 6.07 Å². The molecule has 0 saturated heterocycles. The number of hydrogen-bond donors (Lipinski definition) is 0. The summed E-state index contributed by atoms with van der Waals surface area (Å²) >= 11 is 0. The second kappa shape index (κ2) is 11.1. The molecule has 0 saturated carbocycles. The molecule has 0 unspecified atom stereocenters. The molecule has 0 aliphatic carbocycles. The van der Waals surface area contributed by atoms with Crippen molar-refractivity contribution >= 4 is 33.4 Å². The molecule has 0 aromatic heterocycles. The van der Waals surface area contributed by atoms with Crippen molar-refractivity contribution in [1.82, 2.24) is 0 Å². The van der Waals surface area contributed by atoms with Crippen LogP contribution in [0.4, 0.5) is 0 Å². The van der Waals surface area contributed by atoms with E-state index in [0.29, 0.717) is 0 Å². The van der Waals surface area contributed by atoms with Gasteiger partial charge in [-0.2, -0.15) is 5.26 Å². The molecule has 1 rings (SSSR count). The Hall–Kier alpha value is -0.888. The Morgan fingerprint density at radius 1 is 1.15 bits per heavy atom. The van der Waals surface area contributed by atoms with Crippen molar-refractivity contribution in [3.63, 3.8) is 0 Å². The molecule has 1 nitrogen and oxygen atoms in total. The first kappa shape index (κ1) is 14.6. The second-order valence-corrected chi connectivity index (χ2v) is 1.95. The molecule has 0 aliphatic rings. The summed E-state index contributed by atoms with van der Waals surface area (Å²) in [6.45, 7) is 6.75. The maximum atomic E-state index is 7.51. The predicted octanol–water partition coefficient (Wildman–Crippen LogP) is 2.11. The molecule has 0 bridgehead atoms. The van der Waals surface area contributed by atoms with Crippen molar-refractivity contribution < 1.29 is 0 Å². The Kier molecular flexibility index (Phi) is 12.5. The van der Waals surface area contributed by atoms with Crippen LogP contribution in [0.5, 0.6) is 0 Å². The minimum absolute atomic E-state index is 0. The van der Waals surface area contributed by atoms with Gasteiger partial charge in [0.1, 0.15) is 0 Å². The Labute approximate surface area is 99.6 Å². The van der Waals surface area contributed by atoms with Gasteiger partial charge in [-0.05, 0) is 5.56 Å². The van der Waals surface area contributed by atoms with E-state index in [1.165, 1.54) is 11.6 Å². The van der Waals surface area contributed by atoms with Gasteiger partial charge < -0.3 is 0 Å². The number of nitrogens with zero attached hydrogens (tertiary/aromatic N) is 1. The molecule has 1 aromatic carbocycles. The molecule has 2 radical (unpaired) electrons. The number of rotatable bonds is 1. The van der Waals surface area contributed by atoms with Gasteiger partial charge >= 0.3 is 27.3 Å². The third-order valence-corrected chi connectivity index (χ3v) is 1.13. The van der Waals surface area contributed by atoms with Crippen LogP contribution in [-0.4, -0.2) is 27.3 Å². The van der Waals surface area contributed by atoms with Crippen LogP contribution < -0.4 is 0 Å². The fourth-order valence-electron chi connectivity index (χ4n) is 0.589. The second-order valence-electron chi connectivity index (χ2n) is 1.95. The van der Waals surface area contributed by atoms with Crippen LogP contribution >= 0.6 is 0 Å². The summed E-state index contributed by atoms with van der Waals surface area (Å²) in [5.41, 5.74) is 1.17. The van der Waals surface area contributed by atoms with Crippen LogP contribution in [0, 0.1) is 11.3 Å². The molecule has 1 aromatic rings. The number of hydrogen-bond acceptors (Lipinski definition) is 1. The molecule has 0 fully saturated rings. The van der Waals surface area contributed by atoms with E-state index in [2.05, 4.69) is 13.2 Å². The average Bonchev–Trinajstić information content (AvgIpc) is 2.19. The van der Waals surface area contributed by atoms with E-state index < -0.39 is 0 Å². The average molecular weight is 366 g/mol. The van der Waals surface area contributed by atoms with E-state index in [-0.39, 0.29) is 27.3 Å². The summed E-state index contributed by atoms with van der Waals surface area (Å²) in [5.74, 6) is 0. The van der Waals surface area contributed by atoms with Crippen molar-refractivity contribution in [3.05, 3.63) is 55.1 Å². The molecule has 66 valence electrons. The van der Waals surface area contributed by atoms with Gasteiger partial charge in [-0.25, -0.2) is 0 Å². The van der Waals surface area contributed by atoms with Crippen LogP contribution in [-0.2, 0) is 0 Å². The van der Waals surface area contributed by atoms with E-state index in [0.717, 1.165) is 0 Å². The van der Waals surface area contributed by atoms with E-state index in [9.17, 15) is 0 Å². The van der Waals surface area contributed by atoms with Crippen LogP contribution in [0.25, 0.3) is 6.08 Å². The predicted molar refractivity (Wildman–Crippen MR) is 60.9 cm³/mol. The zero-order valence-electron chi connectivity index (χ0n) is 7.61. The van der Waals surface area contributed by atoms with Crippen LogP contribution in [0.15, 0.2) is 49.6 Å². The number of allylic oxidation sites excluding steroid dienone is 1. The molecule has 0 heterocycles. The SMILES string of the molecule is C=CC#N.C=Cc1ccccc1.[PbH2]. The molecule has 13 heavy (non-hydrogen) atoms. The van der Waals surface area contributed by atoms with Crippen molar-refractivity contribution in [1.29, 1.82) is 5.26 Å². The third-order valence-electron chi connectivity index (χ3n) is 1.13. The summed E-state index contributed by atoms with van der Waals surface area (Å²) in [6.07, 6.45) is 3.01. The van der Waals surface area contributed by atoms with Crippen molar-refractivity contribution in [2.75, 3.05) is 0 Å². The fraction of sp³-hybridized carbons (Fsp3) is 0. The Morgan fingerprint density at radius 2 is 1.62 bits per heavy atom. The van der Waals surface area contributed by atoms with Crippen molar-refractivity contribution in [2.45, 2.75) is 0 Å². The molecule has 0 amide bonds. The van der Waals surface area contributed by atoms with Crippen molar-refractivity contribution in [3.8, 4) is 6.07 Å². The van der Waals surface area contributed by atoms with Gasteiger partial charge in [0.2, 0.25) is 0 Å². The Morgan fingerprint density at radius 3 is 1.85 bits per heavy atom. The molecular formula is C11H13NPb. The van der Waals surface area contributed by atoms with Gasteiger partial charge in [0.25, 0.3) is 0 Å². The zero-order chi connectivity index (χ0) is 9.23. The summed E-state index contributed by atoms with van der Waals surface area (Å²) in [7, 11) is 0. The Balaban J connectivity index is 0. The zero-order valence-corrected chi connectivity index (χ0v) is 13.1.